The predicted molar refractivity (Wildman–Crippen MR) is 99.4 cm³/mol. The molecule has 2 amide bonds. The van der Waals surface area contributed by atoms with Crippen molar-refractivity contribution in [3.63, 3.8) is 0 Å². The molecule has 0 saturated carbocycles. The first-order valence-corrected chi connectivity index (χ1v) is 9.52. The SMILES string of the molecule is CCOC(=O)C1CCCN(C(=O)CCN2C(=O)C(C)Oc3ccccc32)C1. The first-order valence-electron chi connectivity index (χ1n) is 9.52. The van der Waals surface area contributed by atoms with Gasteiger partial charge >= 0.3 is 5.97 Å². The Morgan fingerprint density at radius 3 is 2.85 bits per heavy atom. The Labute approximate surface area is 159 Å². The normalized spacial score (nSPS) is 22.1. The second-order valence-corrected chi connectivity index (χ2v) is 6.90. The van der Waals surface area contributed by atoms with Crippen LogP contribution in [0.3, 0.4) is 0 Å². The summed E-state index contributed by atoms with van der Waals surface area (Å²) in [5, 5.41) is 0. The lowest BCUT2D eigenvalue weighted by Gasteiger charge is -2.34. The molecule has 1 aromatic rings. The largest absolute Gasteiger partial charge is 0.479 e. The second kappa shape index (κ2) is 8.41. The van der Waals surface area contributed by atoms with E-state index >= 15 is 0 Å². The van der Waals surface area contributed by atoms with Gasteiger partial charge in [0.2, 0.25) is 5.91 Å². The van der Waals surface area contributed by atoms with Gasteiger partial charge in [-0.2, -0.15) is 0 Å². The van der Waals surface area contributed by atoms with E-state index in [1.165, 1.54) is 0 Å². The molecular formula is C20H26N2O5. The van der Waals surface area contributed by atoms with Gasteiger partial charge in [-0.1, -0.05) is 12.1 Å². The Balaban J connectivity index is 1.62. The third-order valence-electron chi connectivity index (χ3n) is 5.02. The van der Waals surface area contributed by atoms with E-state index in [-0.39, 0.29) is 30.1 Å². The van der Waals surface area contributed by atoms with Gasteiger partial charge in [-0.3, -0.25) is 14.4 Å². The number of carbonyl (C=O) groups is 3. The molecule has 0 radical (unpaired) electrons. The van der Waals surface area contributed by atoms with Crippen molar-refractivity contribution in [1.82, 2.24) is 4.90 Å². The molecule has 146 valence electrons. The van der Waals surface area contributed by atoms with Crippen molar-refractivity contribution in [2.45, 2.75) is 39.2 Å². The Hall–Kier alpha value is -2.57. The predicted octanol–water partition coefficient (Wildman–Crippen LogP) is 1.99. The summed E-state index contributed by atoms with van der Waals surface area (Å²) in [6.45, 7) is 5.16. The van der Waals surface area contributed by atoms with Crippen LogP contribution in [0.2, 0.25) is 0 Å². The molecular weight excluding hydrogens is 348 g/mol. The first kappa shape index (κ1) is 19.2. The Morgan fingerprint density at radius 2 is 2.07 bits per heavy atom. The minimum Gasteiger partial charge on any atom is -0.479 e. The summed E-state index contributed by atoms with van der Waals surface area (Å²) in [6, 6.07) is 7.34. The molecule has 1 saturated heterocycles. The van der Waals surface area contributed by atoms with Crippen molar-refractivity contribution in [3.8, 4) is 5.75 Å². The van der Waals surface area contributed by atoms with E-state index in [9.17, 15) is 14.4 Å². The molecule has 0 spiro atoms. The third-order valence-corrected chi connectivity index (χ3v) is 5.02. The molecule has 2 aliphatic heterocycles. The number of carbonyl (C=O) groups excluding carboxylic acids is 3. The number of ether oxygens (including phenoxy) is 2. The average Bonchev–Trinajstić information content (AvgIpc) is 2.68. The van der Waals surface area contributed by atoms with Crippen LogP contribution in [0.25, 0.3) is 0 Å². The molecule has 2 unspecified atom stereocenters. The molecule has 1 aromatic carbocycles. The molecule has 2 atom stereocenters. The summed E-state index contributed by atoms with van der Waals surface area (Å²) in [5.41, 5.74) is 0.691. The molecule has 2 heterocycles. The number of nitrogens with zero attached hydrogens (tertiary/aromatic N) is 2. The maximum absolute atomic E-state index is 12.7. The van der Waals surface area contributed by atoms with E-state index in [1.54, 1.807) is 23.6 Å². The molecule has 2 aliphatic rings. The number of rotatable bonds is 5. The lowest BCUT2D eigenvalue weighted by molar-refractivity contribution is -0.151. The van der Waals surface area contributed by atoms with Crippen LogP contribution < -0.4 is 9.64 Å². The van der Waals surface area contributed by atoms with Gasteiger partial charge in [0.15, 0.2) is 6.10 Å². The standard InChI is InChI=1S/C20H26N2O5/c1-3-26-20(25)15-7-6-11-21(13-15)18(23)10-12-22-16-8-4-5-9-17(16)27-14(2)19(22)24/h4-5,8-9,14-15H,3,6-7,10-13H2,1-2H3. The Kier molecular flexibility index (Phi) is 5.98. The van der Waals surface area contributed by atoms with E-state index in [2.05, 4.69) is 0 Å². The number of esters is 1. The number of anilines is 1. The summed E-state index contributed by atoms with van der Waals surface area (Å²) in [4.78, 5) is 40.5. The highest BCUT2D eigenvalue weighted by molar-refractivity contribution is 6.00. The van der Waals surface area contributed by atoms with Crippen molar-refractivity contribution in [1.29, 1.82) is 0 Å². The van der Waals surface area contributed by atoms with Crippen molar-refractivity contribution >= 4 is 23.5 Å². The minimum absolute atomic E-state index is 0.0478. The summed E-state index contributed by atoms with van der Waals surface area (Å²) >= 11 is 0. The van der Waals surface area contributed by atoms with Crippen molar-refractivity contribution in [2.24, 2.45) is 5.92 Å². The van der Waals surface area contributed by atoms with Crippen LogP contribution in [0, 0.1) is 5.92 Å². The highest BCUT2D eigenvalue weighted by atomic mass is 16.5. The molecule has 1 fully saturated rings. The van der Waals surface area contributed by atoms with Crippen molar-refractivity contribution < 1.29 is 23.9 Å². The summed E-state index contributed by atoms with van der Waals surface area (Å²) in [6.07, 6.45) is 1.17. The zero-order valence-corrected chi connectivity index (χ0v) is 15.8. The molecule has 0 N–H and O–H groups in total. The molecule has 0 aliphatic carbocycles. The van der Waals surface area contributed by atoms with E-state index in [0.717, 1.165) is 12.8 Å². The highest BCUT2D eigenvalue weighted by Gasteiger charge is 2.33. The number of piperidine rings is 1. The lowest BCUT2D eigenvalue weighted by Crippen LogP contribution is -2.47. The lowest BCUT2D eigenvalue weighted by atomic mass is 9.98. The van der Waals surface area contributed by atoms with Gasteiger partial charge in [-0.05, 0) is 38.8 Å². The molecule has 3 rings (SSSR count). The van der Waals surface area contributed by atoms with Crippen LogP contribution in [-0.4, -0.2) is 55.0 Å². The van der Waals surface area contributed by atoms with Gasteiger partial charge in [0.25, 0.3) is 5.91 Å². The third kappa shape index (κ3) is 4.23. The topological polar surface area (TPSA) is 76.2 Å². The van der Waals surface area contributed by atoms with Crippen LogP contribution in [0.15, 0.2) is 24.3 Å². The average molecular weight is 374 g/mol. The van der Waals surface area contributed by atoms with Crippen molar-refractivity contribution in [3.05, 3.63) is 24.3 Å². The Morgan fingerprint density at radius 1 is 1.30 bits per heavy atom. The maximum atomic E-state index is 12.7. The van der Waals surface area contributed by atoms with Crippen LogP contribution in [0.4, 0.5) is 5.69 Å². The van der Waals surface area contributed by atoms with Gasteiger partial charge in [-0.25, -0.2) is 0 Å². The van der Waals surface area contributed by atoms with Gasteiger partial charge in [0, 0.05) is 26.1 Å². The van der Waals surface area contributed by atoms with E-state index in [1.807, 2.05) is 24.3 Å². The smallest absolute Gasteiger partial charge is 0.310 e. The molecule has 0 aromatic heterocycles. The fraction of sp³-hybridized carbons (Fsp3) is 0.550. The molecule has 7 nitrogen and oxygen atoms in total. The number of benzene rings is 1. The van der Waals surface area contributed by atoms with Crippen molar-refractivity contribution in [2.75, 3.05) is 31.1 Å². The Bertz CT molecular complexity index is 720. The van der Waals surface area contributed by atoms with Gasteiger partial charge in [-0.15, -0.1) is 0 Å². The van der Waals surface area contributed by atoms with Crippen LogP contribution in [-0.2, 0) is 19.1 Å². The summed E-state index contributed by atoms with van der Waals surface area (Å²) in [7, 11) is 0. The maximum Gasteiger partial charge on any atom is 0.310 e. The monoisotopic (exact) mass is 374 g/mol. The van der Waals surface area contributed by atoms with Gasteiger partial charge in [0.05, 0.1) is 18.2 Å². The fourth-order valence-corrected chi connectivity index (χ4v) is 3.61. The summed E-state index contributed by atoms with van der Waals surface area (Å²) in [5.74, 6) is -0.0371. The number of para-hydroxylation sites is 2. The van der Waals surface area contributed by atoms with Gasteiger partial charge < -0.3 is 19.3 Å². The number of fused-ring (bicyclic) bond motifs is 1. The quantitative estimate of drug-likeness (QED) is 0.737. The molecule has 27 heavy (non-hydrogen) atoms. The van der Waals surface area contributed by atoms with Crippen LogP contribution >= 0.6 is 0 Å². The summed E-state index contributed by atoms with van der Waals surface area (Å²) < 4.78 is 10.7. The molecule has 7 heteroatoms. The minimum atomic E-state index is -0.571. The van der Waals surface area contributed by atoms with E-state index < -0.39 is 6.10 Å². The fourth-order valence-electron chi connectivity index (χ4n) is 3.61. The first-order chi connectivity index (χ1) is 13.0. The second-order valence-electron chi connectivity index (χ2n) is 6.90. The molecule has 0 bridgehead atoms. The number of amides is 2. The van der Waals surface area contributed by atoms with Crippen LogP contribution in [0.5, 0.6) is 5.75 Å². The number of hydrogen-bond acceptors (Lipinski definition) is 5. The highest BCUT2D eigenvalue weighted by Crippen LogP contribution is 2.33. The zero-order chi connectivity index (χ0) is 19.4. The number of hydrogen-bond donors (Lipinski definition) is 0. The van der Waals surface area contributed by atoms with E-state index in [0.29, 0.717) is 37.7 Å². The van der Waals surface area contributed by atoms with E-state index in [4.69, 9.17) is 9.47 Å². The van der Waals surface area contributed by atoms with Gasteiger partial charge in [0.1, 0.15) is 5.75 Å². The zero-order valence-electron chi connectivity index (χ0n) is 15.8. The van der Waals surface area contributed by atoms with Crippen LogP contribution in [0.1, 0.15) is 33.1 Å². The number of likely N-dealkylation sites (tertiary alicyclic amines) is 1.